The Kier molecular flexibility index (Phi) is 4.59. The van der Waals surface area contributed by atoms with E-state index >= 15 is 0 Å². The molecule has 1 aromatic heterocycles. The number of hydrogen-bond acceptors (Lipinski definition) is 4. The van der Waals surface area contributed by atoms with E-state index in [1.807, 2.05) is 19.1 Å². The van der Waals surface area contributed by atoms with Gasteiger partial charge >= 0.3 is 0 Å². The van der Waals surface area contributed by atoms with Gasteiger partial charge in [0.25, 0.3) is 0 Å². The van der Waals surface area contributed by atoms with Crippen LogP contribution in [0.3, 0.4) is 0 Å². The molecule has 5 heteroatoms. The van der Waals surface area contributed by atoms with Crippen molar-refractivity contribution in [3.05, 3.63) is 22.8 Å². The summed E-state index contributed by atoms with van der Waals surface area (Å²) in [5.41, 5.74) is 1.12. The van der Waals surface area contributed by atoms with Crippen LogP contribution in [0.2, 0.25) is 5.15 Å². The highest BCUT2D eigenvalue weighted by atomic mass is 35.5. The Morgan fingerprint density at radius 2 is 2.18 bits per heavy atom. The fourth-order valence-electron chi connectivity index (χ4n) is 1.88. The summed E-state index contributed by atoms with van der Waals surface area (Å²) < 4.78 is 5.30. The topological polar surface area (TPSA) is 37.4 Å². The first-order valence-electron chi connectivity index (χ1n) is 5.92. The summed E-state index contributed by atoms with van der Waals surface area (Å²) >= 11 is 5.90. The van der Waals surface area contributed by atoms with Crippen LogP contribution < -0.4 is 5.32 Å². The standard InChI is InChI=1S/C12H18ClN3O/c1-10-8-11(13)15-12(9-10)14-2-3-16-4-6-17-7-5-16/h8-9H,2-7H2,1H3,(H,14,15). The molecule has 4 nitrogen and oxygen atoms in total. The molecule has 0 unspecified atom stereocenters. The largest absolute Gasteiger partial charge is 0.379 e. The fourth-order valence-corrected chi connectivity index (χ4v) is 2.15. The third kappa shape index (κ3) is 4.15. The normalized spacial score (nSPS) is 17.1. The molecule has 0 aliphatic carbocycles. The van der Waals surface area contributed by atoms with Gasteiger partial charge in [0.05, 0.1) is 13.2 Å². The zero-order valence-corrected chi connectivity index (χ0v) is 10.8. The summed E-state index contributed by atoms with van der Waals surface area (Å²) in [5.74, 6) is 0.850. The lowest BCUT2D eigenvalue weighted by atomic mass is 10.3. The van der Waals surface area contributed by atoms with E-state index in [-0.39, 0.29) is 0 Å². The van der Waals surface area contributed by atoms with Crippen molar-refractivity contribution in [1.82, 2.24) is 9.88 Å². The molecule has 1 saturated heterocycles. The van der Waals surface area contributed by atoms with Gasteiger partial charge in [0.15, 0.2) is 0 Å². The summed E-state index contributed by atoms with van der Waals surface area (Å²) in [6, 6.07) is 3.86. The van der Waals surface area contributed by atoms with Crippen molar-refractivity contribution >= 4 is 17.4 Å². The number of morpholine rings is 1. The van der Waals surface area contributed by atoms with E-state index in [0.29, 0.717) is 5.15 Å². The minimum Gasteiger partial charge on any atom is -0.379 e. The van der Waals surface area contributed by atoms with Crippen LogP contribution in [-0.2, 0) is 4.74 Å². The highest BCUT2D eigenvalue weighted by Gasteiger charge is 2.09. The van der Waals surface area contributed by atoms with Gasteiger partial charge in [0, 0.05) is 26.2 Å². The minimum absolute atomic E-state index is 0.541. The second-order valence-corrected chi connectivity index (χ2v) is 4.62. The SMILES string of the molecule is Cc1cc(Cl)nc(NCCN2CCOCC2)c1. The molecule has 2 rings (SSSR count). The third-order valence-electron chi connectivity index (χ3n) is 2.78. The van der Waals surface area contributed by atoms with Crippen LogP contribution in [0.4, 0.5) is 5.82 Å². The predicted octanol–water partition coefficient (Wildman–Crippen LogP) is 1.79. The van der Waals surface area contributed by atoms with Crippen LogP contribution >= 0.6 is 11.6 Å². The molecule has 0 spiro atoms. The van der Waals surface area contributed by atoms with Crippen LogP contribution in [-0.4, -0.2) is 49.3 Å². The smallest absolute Gasteiger partial charge is 0.131 e. The van der Waals surface area contributed by atoms with Crippen LogP contribution in [0.1, 0.15) is 5.56 Å². The molecule has 1 fully saturated rings. The average Bonchev–Trinajstić information content (AvgIpc) is 2.29. The highest BCUT2D eigenvalue weighted by Crippen LogP contribution is 2.13. The van der Waals surface area contributed by atoms with Gasteiger partial charge in [-0.2, -0.15) is 0 Å². The van der Waals surface area contributed by atoms with Crippen molar-refractivity contribution in [3.8, 4) is 0 Å². The molecule has 17 heavy (non-hydrogen) atoms. The van der Waals surface area contributed by atoms with Crippen molar-refractivity contribution < 1.29 is 4.74 Å². The van der Waals surface area contributed by atoms with Crippen LogP contribution in [0.15, 0.2) is 12.1 Å². The van der Waals surface area contributed by atoms with Gasteiger partial charge in [-0.25, -0.2) is 4.98 Å². The number of pyridine rings is 1. The lowest BCUT2D eigenvalue weighted by molar-refractivity contribution is 0.0398. The Morgan fingerprint density at radius 1 is 1.41 bits per heavy atom. The Hall–Kier alpha value is -0.840. The first-order valence-corrected chi connectivity index (χ1v) is 6.30. The van der Waals surface area contributed by atoms with Crippen LogP contribution in [0.25, 0.3) is 0 Å². The molecule has 0 radical (unpaired) electrons. The minimum atomic E-state index is 0.541. The number of halogens is 1. The summed E-state index contributed by atoms with van der Waals surface area (Å²) in [4.78, 5) is 6.61. The Bertz CT molecular complexity index is 347. The molecule has 1 aliphatic heterocycles. The molecular weight excluding hydrogens is 238 g/mol. The highest BCUT2D eigenvalue weighted by molar-refractivity contribution is 6.29. The number of aryl methyl sites for hydroxylation is 1. The van der Waals surface area contributed by atoms with Gasteiger partial charge in [-0.3, -0.25) is 4.90 Å². The molecule has 0 bridgehead atoms. The van der Waals surface area contributed by atoms with E-state index in [0.717, 1.165) is 50.8 Å². The molecule has 1 N–H and O–H groups in total. The van der Waals surface area contributed by atoms with E-state index in [1.54, 1.807) is 0 Å². The number of aromatic nitrogens is 1. The van der Waals surface area contributed by atoms with Crippen molar-refractivity contribution in [2.45, 2.75) is 6.92 Å². The number of nitrogens with one attached hydrogen (secondary N) is 1. The van der Waals surface area contributed by atoms with Crippen LogP contribution in [0, 0.1) is 6.92 Å². The Labute approximate surface area is 107 Å². The van der Waals surface area contributed by atoms with Gasteiger partial charge in [0.2, 0.25) is 0 Å². The second kappa shape index (κ2) is 6.19. The maximum absolute atomic E-state index is 5.90. The molecule has 1 aromatic rings. The quantitative estimate of drug-likeness (QED) is 0.833. The van der Waals surface area contributed by atoms with E-state index in [2.05, 4.69) is 15.2 Å². The first-order chi connectivity index (χ1) is 8.24. The number of rotatable bonds is 4. The summed E-state index contributed by atoms with van der Waals surface area (Å²) in [6.07, 6.45) is 0. The predicted molar refractivity (Wildman–Crippen MR) is 69.7 cm³/mol. The lowest BCUT2D eigenvalue weighted by Gasteiger charge is -2.26. The average molecular weight is 256 g/mol. The van der Waals surface area contributed by atoms with E-state index in [4.69, 9.17) is 16.3 Å². The van der Waals surface area contributed by atoms with Crippen molar-refractivity contribution in [1.29, 1.82) is 0 Å². The number of hydrogen-bond donors (Lipinski definition) is 1. The first kappa shape index (κ1) is 12.6. The maximum atomic E-state index is 5.90. The lowest BCUT2D eigenvalue weighted by Crippen LogP contribution is -2.39. The number of nitrogens with zero attached hydrogens (tertiary/aromatic N) is 2. The zero-order chi connectivity index (χ0) is 12.1. The molecule has 0 atom stereocenters. The summed E-state index contributed by atoms with van der Waals surface area (Å²) in [7, 11) is 0. The van der Waals surface area contributed by atoms with E-state index < -0.39 is 0 Å². The Balaban J connectivity index is 1.77. The fraction of sp³-hybridized carbons (Fsp3) is 0.583. The molecular formula is C12H18ClN3O. The number of ether oxygens (including phenoxy) is 1. The van der Waals surface area contributed by atoms with Gasteiger partial charge in [-0.05, 0) is 24.6 Å². The van der Waals surface area contributed by atoms with Crippen molar-refractivity contribution in [2.24, 2.45) is 0 Å². The van der Waals surface area contributed by atoms with E-state index in [1.165, 1.54) is 0 Å². The third-order valence-corrected chi connectivity index (χ3v) is 2.97. The van der Waals surface area contributed by atoms with Crippen molar-refractivity contribution in [2.75, 3.05) is 44.7 Å². The molecule has 2 heterocycles. The summed E-state index contributed by atoms with van der Waals surface area (Å²) in [6.45, 7) is 7.63. The van der Waals surface area contributed by atoms with Gasteiger partial charge in [0.1, 0.15) is 11.0 Å². The molecule has 0 aromatic carbocycles. The molecule has 94 valence electrons. The monoisotopic (exact) mass is 255 g/mol. The van der Waals surface area contributed by atoms with Gasteiger partial charge in [-0.1, -0.05) is 11.6 Å². The van der Waals surface area contributed by atoms with Gasteiger partial charge in [-0.15, -0.1) is 0 Å². The second-order valence-electron chi connectivity index (χ2n) is 4.23. The van der Waals surface area contributed by atoms with E-state index in [9.17, 15) is 0 Å². The Morgan fingerprint density at radius 3 is 2.88 bits per heavy atom. The maximum Gasteiger partial charge on any atom is 0.131 e. The molecule has 0 saturated carbocycles. The van der Waals surface area contributed by atoms with Gasteiger partial charge < -0.3 is 10.1 Å². The summed E-state index contributed by atoms with van der Waals surface area (Å²) in [5, 5.41) is 3.84. The number of anilines is 1. The zero-order valence-electron chi connectivity index (χ0n) is 10.1. The van der Waals surface area contributed by atoms with Crippen LogP contribution in [0.5, 0.6) is 0 Å². The molecule has 0 amide bonds. The van der Waals surface area contributed by atoms with Crippen molar-refractivity contribution in [3.63, 3.8) is 0 Å². The molecule has 1 aliphatic rings.